The number of anilines is 1. The number of hydrogen-bond acceptors (Lipinski definition) is 8. The fourth-order valence-corrected chi connectivity index (χ4v) is 5.03. The second-order valence-corrected chi connectivity index (χ2v) is 9.56. The Morgan fingerprint density at radius 3 is 2.42 bits per heavy atom. The first-order chi connectivity index (χ1) is 18.5. The summed E-state index contributed by atoms with van der Waals surface area (Å²) in [5.41, 5.74) is 2.81. The summed E-state index contributed by atoms with van der Waals surface area (Å²) in [6.45, 7) is 1.96. The lowest BCUT2D eigenvalue weighted by molar-refractivity contribution is -0.115. The minimum atomic E-state index is -0.432. The highest BCUT2D eigenvalue weighted by Gasteiger charge is 2.24. The minimum Gasteiger partial charge on any atom is -0.497 e. The van der Waals surface area contributed by atoms with E-state index in [2.05, 4.69) is 5.32 Å². The molecule has 9 nitrogen and oxygen atoms in total. The van der Waals surface area contributed by atoms with Crippen molar-refractivity contribution in [1.82, 2.24) is 19.6 Å². The Balaban J connectivity index is 1.59. The van der Waals surface area contributed by atoms with E-state index in [1.807, 2.05) is 67.6 Å². The van der Waals surface area contributed by atoms with Crippen molar-refractivity contribution < 1.29 is 19.0 Å². The molecule has 194 valence electrons. The zero-order valence-corrected chi connectivity index (χ0v) is 22.3. The van der Waals surface area contributed by atoms with E-state index in [4.69, 9.17) is 29.3 Å². The number of fused-ring (bicyclic) bond motifs is 3. The van der Waals surface area contributed by atoms with Gasteiger partial charge in [0, 0.05) is 28.8 Å². The molecule has 0 aliphatic carbocycles. The van der Waals surface area contributed by atoms with Gasteiger partial charge in [0.1, 0.15) is 5.75 Å². The number of nitrogens with zero attached hydrogens (tertiary/aromatic N) is 4. The third-order valence-electron chi connectivity index (χ3n) is 6.03. The number of rotatable bonds is 9. The number of ether oxygens (including phenoxy) is 3. The quantitative estimate of drug-likeness (QED) is 0.198. The van der Waals surface area contributed by atoms with Gasteiger partial charge in [-0.2, -0.15) is 4.52 Å². The molecule has 38 heavy (non-hydrogen) atoms. The third-order valence-corrected chi connectivity index (χ3v) is 7.33. The second kappa shape index (κ2) is 11.0. The van der Waals surface area contributed by atoms with Crippen LogP contribution in [0.4, 0.5) is 5.69 Å². The van der Waals surface area contributed by atoms with Crippen LogP contribution in [-0.4, -0.2) is 52.1 Å². The van der Waals surface area contributed by atoms with Crippen LogP contribution in [0.3, 0.4) is 0 Å². The van der Waals surface area contributed by atoms with Crippen LogP contribution in [0.2, 0.25) is 0 Å². The number of amides is 1. The zero-order chi connectivity index (χ0) is 26.6. The van der Waals surface area contributed by atoms with E-state index in [0.717, 1.165) is 10.9 Å². The van der Waals surface area contributed by atoms with Crippen LogP contribution >= 0.6 is 11.8 Å². The largest absolute Gasteiger partial charge is 0.497 e. The Morgan fingerprint density at radius 2 is 1.71 bits per heavy atom. The van der Waals surface area contributed by atoms with Crippen molar-refractivity contribution in [3.8, 4) is 28.6 Å². The maximum atomic E-state index is 13.3. The predicted octanol–water partition coefficient (Wildman–Crippen LogP) is 5.48. The molecule has 2 aromatic heterocycles. The van der Waals surface area contributed by atoms with Crippen molar-refractivity contribution in [2.24, 2.45) is 0 Å². The van der Waals surface area contributed by atoms with Gasteiger partial charge in [-0.1, -0.05) is 55.1 Å². The molecule has 2 heterocycles. The number of benzene rings is 3. The maximum Gasteiger partial charge on any atom is 0.237 e. The van der Waals surface area contributed by atoms with E-state index >= 15 is 0 Å². The number of carbonyl (C=O) groups excluding carboxylic acids is 1. The van der Waals surface area contributed by atoms with Gasteiger partial charge in [0.05, 0.1) is 32.1 Å². The van der Waals surface area contributed by atoms with Crippen LogP contribution in [0.1, 0.15) is 13.3 Å². The summed E-state index contributed by atoms with van der Waals surface area (Å²) in [6.07, 6.45) is 0.577. The molecule has 0 saturated carbocycles. The summed E-state index contributed by atoms with van der Waals surface area (Å²) in [5, 5.41) is 8.65. The van der Waals surface area contributed by atoms with Crippen LogP contribution < -0.4 is 19.5 Å². The van der Waals surface area contributed by atoms with Gasteiger partial charge in [0.15, 0.2) is 28.1 Å². The van der Waals surface area contributed by atoms with Crippen LogP contribution in [0.25, 0.3) is 27.9 Å². The monoisotopic (exact) mass is 529 g/mol. The average molecular weight is 530 g/mol. The van der Waals surface area contributed by atoms with Gasteiger partial charge in [-0.3, -0.25) is 4.79 Å². The van der Waals surface area contributed by atoms with Gasteiger partial charge in [-0.15, -0.1) is 5.10 Å². The van der Waals surface area contributed by atoms with Gasteiger partial charge in [-0.05, 0) is 24.6 Å². The molecule has 1 atom stereocenters. The molecule has 5 aromatic rings. The summed E-state index contributed by atoms with van der Waals surface area (Å²) in [7, 11) is 4.76. The molecular weight excluding hydrogens is 502 g/mol. The molecule has 1 amide bonds. The first-order valence-electron chi connectivity index (χ1n) is 12.0. The number of thioether (sulfide) groups is 1. The minimum absolute atomic E-state index is 0.142. The molecule has 0 aliphatic rings. The average Bonchev–Trinajstić information content (AvgIpc) is 3.41. The lowest BCUT2D eigenvalue weighted by Gasteiger charge is -2.16. The Kier molecular flexibility index (Phi) is 7.32. The standard InChI is InChI=1S/C28H27N5O4S/c1-5-24(27(34)29-18-12-9-13-19(14-18)35-2)38-28-30-21-16-23(37-4)22(36-3)15-20(21)26-31-25(32-33(26)28)17-10-7-6-8-11-17/h6-16,24H,5H2,1-4H3,(H,29,34)/t24-/m1/s1. The van der Waals surface area contributed by atoms with Crippen LogP contribution in [-0.2, 0) is 4.79 Å². The molecule has 10 heteroatoms. The lowest BCUT2D eigenvalue weighted by atomic mass is 10.2. The Hall–Kier alpha value is -4.31. The SMILES string of the molecule is CC[C@@H](Sc1nc2cc(OC)c(OC)cc2c2nc(-c3ccccc3)nn12)C(=O)Nc1cccc(OC)c1. The van der Waals surface area contributed by atoms with E-state index in [9.17, 15) is 4.79 Å². The van der Waals surface area contributed by atoms with E-state index in [0.29, 0.717) is 51.5 Å². The van der Waals surface area contributed by atoms with Gasteiger partial charge in [0.2, 0.25) is 5.91 Å². The van der Waals surface area contributed by atoms with Crippen molar-refractivity contribution in [2.75, 3.05) is 26.6 Å². The summed E-state index contributed by atoms with van der Waals surface area (Å²) in [4.78, 5) is 23.0. The van der Waals surface area contributed by atoms with E-state index in [1.165, 1.54) is 11.8 Å². The van der Waals surface area contributed by atoms with Crippen molar-refractivity contribution in [3.63, 3.8) is 0 Å². The van der Waals surface area contributed by atoms with Crippen molar-refractivity contribution >= 4 is 39.9 Å². The highest BCUT2D eigenvalue weighted by atomic mass is 32.2. The summed E-state index contributed by atoms with van der Waals surface area (Å²) in [6, 6.07) is 20.7. The first-order valence-corrected chi connectivity index (χ1v) is 12.9. The number of carbonyl (C=O) groups is 1. The maximum absolute atomic E-state index is 13.3. The zero-order valence-electron chi connectivity index (χ0n) is 21.5. The van der Waals surface area contributed by atoms with E-state index in [-0.39, 0.29) is 5.91 Å². The third kappa shape index (κ3) is 4.95. The smallest absolute Gasteiger partial charge is 0.237 e. The van der Waals surface area contributed by atoms with Gasteiger partial charge >= 0.3 is 0 Å². The van der Waals surface area contributed by atoms with Gasteiger partial charge in [0.25, 0.3) is 0 Å². The molecule has 0 bridgehead atoms. The van der Waals surface area contributed by atoms with Gasteiger partial charge in [-0.25, -0.2) is 9.97 Å². The molecule has 3 aromatic carbocycles. The molecule has 0 radical (unpaired) electrons. The number of aromatic nitrogens is 4. The Labute approximate surface area is 224 Å². The fraction of sp³-hybridized carbons (Fsp3) is 0.214. The number of hydrogen-bond donors (Lipinski definition) is 1. The molecule has 0 aliphatic heterocycles. The lowest BCUT2D eigenvalue weighted by Crippen LogP contribution is -2.25. The van der Waals surface area contributed by atoms with E-state index < -0.39 is 5.25 Å². The molecular formula is C28H27N5O4S. The number of methoxy groups -OCH3 is 3. The van der Waals surface area contributed by atoms with Crippen LogP contribution in [0.15, 0.2) is 71.9 Å². The topological polar surface area (TPSA) is 99.9 Å². The van der Waals surface area contributed by atoms with Crippen molar-refractivity contribution in [2.45, 2.75) is 23.8 Å². The molecule has 1 N–H and O–H groups in total. The summed E-state index contributed by atoms with van der Waals surface area (Å²) < 4.78 is 18.0. The van der Waals surface area contributed by atoms with Crippen LogP contribution in [0.5, 0.6) is 17.2 Å². The molecule has 0 saturated heterocycles. The Morgan fingerprint density at radius 1 is 0.947 bits per heavy atom. The second-order valence-electron chi connectivity index (χ2n) is 8.39. The first kappa shape index (κ1) is 25.3. The normalized spacial score (nSPS) is 11.9. The van der Waals surface area contributed by atoms with Crippen LogP contribution in [0, 0.1) is 0 Å². The molecule has 0 spiro atoms. The van der Waals surface area contributed by atoms with Gasteiger partial charge < -0.3 is 19.5 Å². The highest BCUT2D eigenvalue weighted by Crippen LogP contribution is 2.36. The molecule has 0 fully saturated rings. The highest BCUT2D eigenvalue weighted by molar-refractivity contribution is 8.00. The Bertz CT molecular complexity index is 1610. The summed E-state index contributed by atoms with van der Waals surface area (Å²) in [5.74, 6) is 2.21. The molecule has 5 rings (SSSR count). The fourth-order valence-electron chi connectivity index (χ4n) is 4.07. The number of nitrogens with one attached hydrogen (secondary N) is 1. The van der Waals surface area contributed by atoms with Crippen molar-refractivity contribution in [3.05, 3.63) is 66.7 Å². The van der Waals surface area contributed by atoms with Crippen molar-refractivity contribution in [1.29, 1.82) is 0 Å². The summed E-state index contributed by atoms with van der Waals surface area (Å²) >= 11 is 1.34. The van der Waals surface area contributed by atoms with E-state index in [1.54, 1.807) is 31.9 Å². The molecule has 0 unspecified atom stereocenters. The predicted molar refractivity (Wildman–Crippen MR) is 148 cm³/mol.